The monoisotopic (exact) mass is 621 g/mol. The van der Waals surface area contributed by atoms with Gasteiger partial charge < -0.3 is 11.5 Å². The molecule has 5 aromatic rings. The van der Waals surface area contributed by atoms with E-state index < -0.39 is 5.91 Å². The zero-order valence-electron chi connectivity index (χ0n) is 25.6. The quantitative estimate of drug-likeness (QED) is 0.138. The Kier molecular flexibility index (Phi) is 10.4. The summed E-state index contributed by atoms with van der Waals surface area (Å²) in [5.74, 6) is 6.21. The van der Waals surface area contributed by atoms with Gasteiger partial charge in [0, 0.05) is 37.3 Å². The Hall–Kier alpha value is -5.38. The minimum absolute atomic E-state index is 0.0530. The zero-order chi connectivity index (χ0) is 32.7. The Morgan fingerprint density at radius 2 is 1.82 bits per heavy atom. The average Bonchev–Trinajstić information content (AvgIpc) is 3.55. The fraction of sp³-hybridized carbons (Fsp3) is 0.182. The molecule has 1 atom stereocenters. The van der Waals surface area contributed by atoms with Crippen molar-refractivity contribution >= 4 is 46.5 Å². The molecule has 2 aromatic carbocycles. The van der Waals surface area contributed by atoms with Crippen LogP contribution in [0.5, 0.6) is 0 Å². The molecule has 3 heterocycles. The molecule has 45 heavy (non-hydrogen) atoms. The molecule has 0 aliphatic heterocycles. The lowest BCUT2D eigenvalue weighted by Crippen LogP contribution is -2.22. The van der Waals surface area contributed by atoms with Gasteiger partial charge in [-0.1, -0.05) is 73.7 Å². The normalized spacial score (nSPS) is 11.5. The van der Waals surface area contributed by atoms with E-state index in [-0.39, 0.29) is 22.2 Å². The summed E-state index contributed by atoms with van der Waals surface area (Å²) in [6.45, 7) is 7.54. The number of amides is 1. The number of para-hydroxylation sites is 1. The summed E-state index contributed by atoms with van der Waals surface area (Å²) in [6.07, 6.45) is 5.41. The third-order valence-electron chi connectivity index (χ3n) is 7.00. The van der Waals surface area contributed by atoms with Crippen LogP contribution in [-0.4, -0.2) is 36.2 Å². The van der Waals surface area contributed by atoms with E-state index in [0.717, 1.165) is 34.4 Å². The molecule has 0 aliphatic rings. The van der Waals surface area contributed by atoms with Crippen LogP contribution in [-0.2, 0) is 20.5 Å². The molecule has 0 spiro atoms. The van der Waals surface area contributed by atoms with Crippen molar-refractivity contribution in [2.45, 2.75) is 25.5 Å². The van der Waals surface area contributed by atoms with E-state index in [9.17, 15) is 9.59 Å². The summed E-state index contributed by atoms with van der Waals surface area (Å²) in [5, 5.41) is 15.5. The SMILES string of the molecule is C=C/C=N\c1c(C(N)=O)c(N)nn1C.CCc1cc2cccc(C#Cc3cnn(C)c3C(C)SN)c2c(=O)n1-c1ccccc1. The molecule has 230 valence electrons. The fourth-order valence-electron chi connectivity index (χ4n) is 4.91. The largest absolute Gasteiger partial charge is 0.381 e. The van der Waals surface area contributed by atoms with Crippen molar-refractivity contribution in [2.75, 3.05) is 5.73 Å². The van der Waals surface area contributed by atoms with Gasteiger partial charge in [-0.3, -0.25) is 24.0 Å². The number of hydrogen-bond acceptors (Lipinski definition) is 8. The van der Waals surface area contributed by atoms with E-state index in [4.69, 9.17) is 16.6 Å². The first-order chi connectivity index (χ1) is 21.6. The number of allylic oxidation sites excluding steroid dienone is 1. The van der Waals surface area contributed by atoms with Crippen molar-refractivity contribution in [3.05, 3.63) is 112 Å². The summed E-state index contributed by atoms with van der Waals surface area (Å²) < 4.78 is 4.97. The minimum atomic E-state index is -0.646. The Bertz CT molecular complexity index is 2010. The second-order valence-corrected chi connectivity index (χ2v) is 10.9. The number of pyridine rings is 1. The number of rotatable bonds is 7. The third kappa shape index (κ3) is 6.90. The molecule has 0 radical (unpaired) electrons. The van der Waals surface area contributed by atoms with Gasteiger partial charge in [0.2, 0.25) is 0 Å². The second-order valence-electron chi connectivity index (χ2n) is 9.92. The van der Waals surface area contributed by atoms with Crippen LogP contribution in [0.4, 0.5) is 11.6 Å². The van der Waals surface area contributed by atoms with Crippen molar-refractivity contribution in [3.8, 4) is 17.5 Å². The van der Waals surface area contributed by atoms with E-state index in [1.165, 1.54) is 28.9 Å². The van der Waals surface area contributed by atoms with E-state index in [2.05, 4.69) is 46.6 Å². The molecule has 1 unspecified atom stereocenters. The number of benzene rings is 2. The lowest BCUT2D eigenvalue weighted by atomic mass is 10.0. The number of aromatic nitrogens is 5. The maximum atomic E-state index is 13.6. The predicted octanol–water partition coefficient (Wildman–Crippen LogP) is 4.34. The molecule has 0 saturated heterocycles. The van der Waals surface area contributed by atoms with Crippen LogP contribution in [0.2, 0.25) is 0 Å². The van der Waals surface area contributed by atoms with Crippen LogP contribution < -0.4 is 22.2 Å². The van der Waals surface area contributed by atoms with Gasteiger partial charge in [-0.05, 0) is 43.0 Å². The summed E-state index contributed by atoms with van der Waals surface area (Å²) >= 11 is 1.26. The number of fused-ring (bicyclic) bond motifs is 1. The van der Waals surface area contributed by atoms with Crippen molar-refractivity contribution in [3.63, 3.8) is 0 Å². The molecular formula is C33H35N9O2S. The lowest BCUT2D eigenvalue weighted by molar-refractivity contribution is 0.100. The first-order valence-electron chi connectivity index (χ1n) is 14.0. The number of nitrogens with zero attached hydrogens (tertiary/aromatic N) is 6. The van der Waals surface area contributed by atoms with Crippen molar-refractivity contribution in [1.82, 2.24) is 24.1 Å². The highest BCUT2D eigenvalue weighted by Gasteiger charge is 2.18. The molecule has 0 bridgehead atoms. The molecular weight excluding hydrogens is 586 g/mol. The van der Waals surface area contributed by atoms with E-state index in [1.54, 1.807) is 22.5 Å². The molecule has 3 aromatic heterocycles. The minimum Gasteiger partial charge on any atom is -0.381 e. The Morgan fingerprint density at radius 3 is 2.47 bits per heavy atom. The van der Waals surface area contributed by atoms with E-state index in [1.807, 2.05) is 62.5 Å². The molecule has 0 aliphatic carbocycles. The number of carbonyl (C=O) groups excluding carboxylic acids is 1. The standard InChI is InChI=1S/C25H24N4OS.C8H11N5O/c1-4-21-15-19-10-8-9-18(13-14-20-16-27-28(3)24(20)17(2)31-26)23(19)25(30)29(21)22-11-6-5-7-12-22;1-3-4-11-8-5(7(10)14)6(9)12-13(8)2/h5-12,15-17H,4,26H2,1-3H3;3-4H,1H2,2H3,(H2,9,12)(H2,10,14)/b;11-4-. The van der Waals surface area contributed by atoms with Crippen LogP contribution in [0, 0.1) is 11.8 Å². The number of primary amides is 1. The van der Waals surface area contributed by atoms with Gasteiger partial charge in [0.25, 0.3) is 11.5 Å². The lowest BCUT2D eigenvalue weighted by Gasteiger charge is -2.14. The number of hydrogen-bond donors (Lipinski definition) is 3. The number of aliphatic imine (C=N–C) groups is 1. The molecule has 11 nitrogen and oxygen atoms in total. The number of aryl methyl sites for hydroxylation is 3. The number of nitrogen functional groups attached to an aromatic ring is 1. The van der Waals surface area contributed by atoms with Gasteiger partial charge >= 0.3 is 0 Å². The topological polar surface area (TPSA) is 165 Å². The highest BCUT2D eigenvalue weighted by atomic mass is 32.2. The maximum Gasteiger partial charge on any atom is 0.264 e. The third-order valence-corrected chi connectivity index (χ3v) is 7.63. The number of anilines is 1. The predicted molar refractivity (Wildman–Crippen MR) is 183 cm³/mol. The molecule has 12 heteroatoms. The number of nitrogens with two attached hydrogens (primary N) is 3. The zero-order valence-corrected chi connectivity index (χ0v) is 26.4. The van der Waals surface area contributed by atoms with Crippen molar-refractivity contribution in [2.24, 2.45) is 30.0 Å². The smallest absolute Gasteiger partial charge is 0.264 e. The Labute approximate surface area is 265 Å². The molecule has 1 amide bonds. The van der Waals surface area contributed by atoms with Gasteiger partial charge in [0.15, 0.2) is 11.6 Å². The first kappa shape index (κ1) is 32.5. The van der Waals surface area contributed by atoms with Crippen LogP contribution in [0.25, 0.3) is 16.5 Å². The highest BCUT2D eigenvalue weighted by molar-refractivity contribution is 7.97. The van der Waals surface area contributed by atoms with Gasteiger partial charge in [0.05, 0.1) is 28.1 Å². The summed E-state index contributed by atoms with van der Waals surface area (Å²) in [5.41, 5.74) is 15.0. The van der Waals surface area contributed by atoms with Gasteiger partial charge in [-0.15, -0.1) is 0 Å². The molecule has 0 saturated carbocycles. The van der Waals surface area contributed by atoms with E-state index >= 15 is 0 Å². The molecule has 0 fully saturated rings. The van der Waals surface area contributed by atoms with E-state index in [0.29, 0.717) is 16.8 Å². The molecule has 6 N–H and O–H groups in total. The van der Waals surface area contributed by atoms with Crippen molar-refractivity contribution < 1.29 is 4.79 Å². The second kappa shape index (κ2) is 14.4. The van der Waals surface area contributed by atoms with Crippen LogP contribution in [0.3, 0.4) is 0 Å². The van der Waals surface area contributed by atoms with Crippen molar-refractivity contribution in [1.29, 1.82) is 0 Å². The first-order valence-corrected chi connectivity index (χ1v) is 15.0. The van der Waals surface area contributed by atoms with Crippen LogP contribution in [0.15, 0.2) is 83.2 Å². The molecule has 5 rings (SSSR count). The summed E-state index contributed by atoms with van der Waals surface area (Å²) in [7, 11) is 3.51. The van der Waals surface area contributed by atoms with Crippen LogP contribution in [0.1, 0.15) is 52.0 Å². The van der Waals surface area contributed by atoms with Gasteiger partial charge in [-0.25, -0.2) is 9.67 Å². The maximum absolute atomic E-state index is 13.6. The average molecular weight is 622 g/mol. The van der Waals surface area contributed by atoms with Gasteiger partial charge in [0.1, 0.15) is 5.56 Å². The fourth-order valence-corrected chi connectivity index (χ4v) is 5.32. The Balaban J connectivity index is 0.000000276. The number of carbonyl (C=O) groups is 1. The highest BCUT2D eigenvalue weighted by Crippen LogP contribution is 2.26. The van der Waals surface area contributed by atoms with Gasteiger partial charge in [-0.2, -0.15) is 10.2 Å². The summed E-state index contributed by atoms with van der Waals surface area (Å²) in [6, 6.07) is 17.6. The summed E-state index contributed by atoms with van der Waals surface area (Å²) in [4.78, 5) is 28.6. The van der Waals surface area contributed by atoms with Crippen LogP contribution >= 0.6 is 11.9 Å². The Morgan fingerprint density at radius 1 is 1.11 bits per heavy atom.